The molecule has 0 bridgehead atoms. The highest BCUT2D eigenvalue weighted by Gasteiger charge is 2.49. The molecule has 2 aliphatic rings. The van der Waals surface area contributed by atoms with Crippen molar-refractivity contribution in [2.24, 2.45) is 0 Å². The van der Waals surface area contributed by atoms with Gasteiger partial charge in [0.25, 0.3) is 0 Å². The topological polar surface area (TPSA) is 75.3 Å². The Morgan fingerprint density at radius 1 is 1.27 bits per heavy atom. The van der Waals surface area contributed by atoms with Gasteiger partial charge in [-0.05, 0) is 51.4 Å². The zero-order valence-electron chi connectivity index (χ0n) is 13.3. The van der Waals surface area contributed by atoms with Gasteiger partial charge in [-0.3, -0.25) is 4.79 Å². The summed E-state index contributed by atoms with van der Waals surface area (Å²) in [6.45, 7) is 1.16. The lowest BCUT2D eigenvalue weighted by atomic mass is 9.92. The molecule has 2 atom stereocenters. The Kier molecular flexibility index (Phi) is 7.49. The number of nitrogens with one attached hydrogen (secondary N) is 2. The molecule has 1 heterocycles. The van der Waals surface area contributed by atoms with Gasteiger partial charge in [-0.15, -0.1) is 12.4 Å². The number of amides is 1. The molecular weight excluding hydrogens is 344 g/mol. The minimum absolute atomic E-state index is 0. The maximum absolute atomic E-state index is 12.7. The molecule has 0 radical (unpaired) electrons. The van der Waals surface area contributed by atoms with Crippen LogP contribution in [0, 0.1) is 0 Å². The van der Waals surface area contributed by atoms with E-state index in [0.717, 1.165) is 19.3 Å². The normalized spacial score (nSPS) is 28.5. The van der Waals surface area contributed by atoms with Gasteiger partial charge in [0.2, 0.25) is 5.91 Å². The van der Waals surface area contributed by atoms with Crippen LogP contribution >= 0.6 is 24.2 Å². The van der Waals surface area contributed by atoms with Gasteiger partial charge >= 0.3 is 0 Å². The summed E-state index contributed by atoms with van der Waals surface area (Å²) in [5, 5.41) is 6.75. The number of carbonyl (C=O) groups excluding carboxylic acids is 1. The summed E-state index contributed by atoms with van der Waals surface area (Å²) in [6.07, 6.45) is 8.24. The minimum Gasteiger partial charge on any atom is -0.352 e. The van der Waals surface area contributed by atoms with Crippen molar-refractivity contribution in [3.8, 4) is 0 Å². The minimum atomic E-state index is -3.41. The molecule has 22 heavy (non-hydrogen) atoms. The highest BCUT2D eigenvalue weighted by Crippen LogP contribution is 2.31. The van der Waals surface area contributed by atoms with Crippen molar-refractivity contribution in [1.29, 1.82) is 0 Å². The Labute approximate surface area is 144 Å². The SMILES string of the molecule is CSC1CCCC(NC(=O)C2(S(C)(=O)=O)CCNCC2)C1.Cl. The highest BCUT2D eigenvalue weighted by atomic mass is 35.5. The van der Waals surface area contributed by atoms with Gasteiger partial charge in [0.15, 0.2) is 14.6 Å². The van der Waals surface area contributed by atoms with E-state index in [4.69, 9.17) is 0 Å². The molecule has 2 fully saturated rings. The fourth-order valence-corrected chi connectivity index (χ4v) is 5.57. The number of carbonyl (C=O) groups is 1. The summed E-state index contributed by atoms with van der Waals surface area (Å²) in [5.41, 5.74) is 0. The number of piperidine rings is 1. The lowest BCUT2D eigenvalue weighted by Crippen LogP contribution is -2.59. The van der Waals surface area contributed by atoms with Crippen molar-refractivity contribution in [1.82, 2.24) is 10.6 Å². The summed E-state index contributed by atoms with van der Waals surface area (Å²) in [4.78, 5) is 12.7. The molecule has 2 rings (SSSR count). The highest BCUT2D eigenvalue weighted by molar-refractivity contribution is 7.99. The Bertz CT molecular complexity index is 478. The second-order valence-electron chi connectivity index (χ2n) is 6.21. The van der Waals surface area contributed by atoms with Crippen molar-refractivity contribution in [3.05, 3.63) is 0 Å². The second-order valence-corrected chi connectivity index (χ2v) is 9.68. The van der Waals surface area contributed by atoms with Crippen LogP contribution in [0.15, 0.2) is 0 Å². The van der Waals surface area contributed by atoms with Crippen LogP contribution in [0.2, 0.25) is 0 Å². The van der Waals surface area contributed by atoms with Crippen molar-refractivity contribution in [2.75, 3.05) is 25.6 Å². The van der Waals surface area contributed by atoms with E-state index < -0.39 is 14.6 Å². The third kappa shape index (κ3) is 4.30. The number of rotatable bonds is 4. The van der Waals surface area contributed by atoms with E-state index in [2.05, 4.69) is 16.9 Å². The van der Waals surface area contributed by atoms with Crippen molar-refractivity contribution < 1.29 is 13.2 Å². The molecule has 8 heteroatoms. The molecule has 1 saturated heterocycles. The summed E-state index contributed by atoms with van der Waals surface area (Å²) in [7, 11) is -3.41. The van der Waals surface area contributed by atoms with Crippen LogP contribution in [-0.2, 0) is 14.6 Å². The van der Waals surface area contributed by atoms with Crippen molar-refractivity contribution >= 4 is 39.9 Å². The molecule has 0 spiro atoms. The first-order valence-corrected chi connectivity index (χ1v) is 10.8. The number of hydrogen-bond acceptors (Lipinski definition) is 5. The van der Waals surface area contributed by atoms with Gasteiger partial charge in [-0.2, -0.15) is 11.8 Å². The molecule has 2 N–H and O–H groups in total. The summed E-state index contributed by atoms with van der Waals surface area (Å²) < 4.78 is 23.2. The first kappa shape index (κ1) is 20.1. The maximum Gasteiger partial charge on any atom is 0.241 e. The molecule has 2 unspecified atom stereocenters. The monoisotopic (exact) mass is 370 g/mol. The molecule has 130 valence electrons. The van der Waals surface area contributed by atoms with E-state index in [0.29, 0.717) is 31.2 Å². The molecule has 1 saturated carbocycles. The predicted molar refractivity (Wildman–Crippen MR) is 94.6 cm³/mol. The molecule has 1 aliphatic heterocycles. The average molecular weight is 371 g/mol. The van der Waals surface area contributed by atoms with Crippen LogP contribution in [0.4, 0.5) is 0 Å². The molecule has 0 aromatic heterocycles. The predicted octanol–water partition coefficient (Wildman–Crippen LogP) is 1.37. The van der Waals surface area contributed by atoms with Gasteiger partial charge in [-0.1, -0.05) is 6.42 Å². The van der Waals surface area contributed by atoms with E-state index in [9.17, 15) is 13.2 Å². The van der Waals surface area contributed by atoms with E-state index in [1.807, 2.05) is 11.8 Å². The zero-order valence-corrected chi connectivity index (χ0v) is 15.7. The first-order chi connectivity index (χ1) is 9.89. The van der Waals surface area contributed by atoms with Gasteiger partial charge in [0.1, 0.15) is 0 Å². The second kappa shape index (κ2) is 8.22. The van der Waals surface area contributed by atoms with E-state index in [-0.39, 0.29) is 24.4 Å². The van der Waals surface area contributed by atoms with Crippen molar-refractivity contribution in [3.63, 3.8) is 0 Å². The average Bonchev–Trinajstić information content (AvgIpc) is 2.47. The summed E-state index contributed by atoms with van der Waals surface area (Å²) >= 11 is 1.84. The van der Waals surface area contributed by atoms with Crippen LogP contribution in [0.3, 0.4) is 0 Å². The third-order valence-corrected chi connectivity index (χ3v) is 7.94. The first-order valence-electron chi connectivity index (χ1n) is 7.63. The molecule has 1 amide bonds. The van der Waals surface area contributed by atoms with Crippen LogP contribution in [0.5, 0.6) is 0 Å². The van der Waals surface area contributed by atoms with E-state index in [1.165, 1.54) is 12.7 Å². The molecule has 5 nitrogen and oxygen atoms in total. The lowest BCUT2D eigenvalue weighted by Gasteiger charge is -2.37. The number of halogens is 1. The van der Waals surface area contributed by atoms with Crippen LogP contribution in [-0.4, -0.2) is 56.0 Å². The molecule has 1 aliphatic carbocycles. The largest absolute Gasteiger partial charge is 0.352 e. The van der Waals surface area contributed by atoms with Gasteiger partial charge in [-0.25, -0.2) is 8.42 Å². The van der Waals surface area contributed by atoms with Crippen molar-refractivity contribution in [2.45, 2.75) is 54.6 Å². The molecular formula is C14H27ClN2O3S2. The van der Waals surface area contributed by atoms with Gasteiger partial charge in [0, 0.05) is 17.5 Å². The Morgan fingerprint density at radius 3 is 2.45 bits per heavy atom. The smallest absolute Gasteiger partial charge is 0.241 e. The number of sulfone groups is 1. The standard InChI is InChI=1S/C14H26N2O3S2.ClH/c1-20-12-5-3-4-11(10-12)16-13(17)14(21(2,18)19)6-8-15-9-7-14;/h11-12,15H,3-10H2,1-2H3,(H,16,17);1H. The van der Waals surface area contributed by atoms with Gasteiger partial charge < -0.3 is 10.6 Å². The molecule has 0 aromatic carbocycles. The summed E-state index contributed by atoms with van der Waals surface area (Å²) in [5.74, 6) is -0.279. The van der Waals surface area contributed by atoms with Crippen LogP contribution < -0.4 is 10.6 Å². The van der Waals surface area contributed by atoms with E-state index >= 15 is 0 Å². The fraction of sp³-hybridized carbons (Fsp3) is 0.929. The Hall–Kier alpha value is 0.0200. The fourth-order valence-electron chi connectivity index (χ4n) is 3.40. The summed E-state index contributed by atoms with van der Waals surface area (Å²) in [6, 6.07) is 0.122. The quantitative estimate of drug-likeness (QED) is 0.781. The van der Waals surface area contributed by atoms with Gasteiger partial charge in [0.05, 0.1) is 0 Å². The zero-order chi connectivity index (χ0) is 15.5. The number of hydrogen-bond donors (Lipinski definition) is 2. The van der Waals surface area contributed by atoms with Crippen LogP contribution in [0.25, 0.3) is 0 Å². The third-order valence-electron chi connectivity index (χ3n) is 4.83. The Morgan fingerprint density at radius 2 is 1.91 bits per heavy atom. The maximum atomic E-state index is 12.7. The molecule has 0 aromatic rings. The van der Waals surface area contributed by atoms with Crippen LogP contribution in [0.1, 0.15) is 38.5 Å². The number of thioether (sulfide) groups is 1. The van der Waals surface area contributed by atoms with E-state index in [1.54, 1.807) is 0 Å². The Balaban J connectivity index is 0.00000242. The lowest BCUT2D eigenvalue weighted by molar-refractivity contribution is -0.125.